The summed E-state index contributed by atoms with van der Waals surface area (Å²) in [7, 11) is 0. The fourth-order valence-electron chi connectivity index (χ4n) is 3.73. The van der Waals surface area contributed by atoms with E-state index in [1.165, 1.54) is 13.0 Å². The van der Waals surface area contributed by atoms with Crippen molar-refractivity contribution < 1.29 is 38.8 Å². The molecule has 4 atom stereocenters. The van der Waals surface area contributed by atoms with E-state index in [0.29, 0.717) is 19.3 Å². The van der Waals surface area contributed by atoms with Crippen molar-refractivity contribution in [1.29, 1.82) is 0 Å². The summed E-state index contributed by atoms with van der Waals surface area (Å²) in [5.74, 6) is -2.56. The van der Waals surface area contributed by atoms with Gasteiger partial charge in [0.05, 0.1) is 30.6 Å². The number of hydrogen-bond donors (Lipinski definition) is 2. The number of allylic oxidation sites excluding steroid dienone is 1. The topological polar surface area (TPSA) is 119 Å². The Morgan fingerprint density at radius 2 is 2.07 bits per heavy atom. The molecule has 0 aromatic heterocycles. The molecule has 166 valence electrons. The maximum Gasteiger partial charge on any atom is 0.336 e. The minimum Gasteiger partial charge on any atom is -0.462 e. The molecule has 1 heterocycles. The van der Waals surface area contributed by atoms with Gasteiger partial charge in [0, 0.05) is 13.3 Å². The fraction of sp³-hybridized carbons (Fsp3) is 0.591. The molecule has 8 heteroatoms. The van der Waals surface area contributed by atoms with E-state index in [1.807, 2.05) is 13.0 Å². The van der Waals surface area contributed by atoms with E-state index in [2.05, 4.69) is 0 Å². The second-order valence-corrected chi connectivity index (χ2v) is 7.68. The Bertz CT molecular complexity index is 748. The van der Waals surface area contributed by atoms with Crippen molar-refractivity contribution in [2.24, 2.45) is 11.8 Å². The van der Waals surface area contributed by atoms with Gasteiger partial charge < -0.3 is 24.4 Å². The molecule has 0 aromatic rings. The summed E-state index contributed by atoms with van der Waals surface area (Å²) in [6.07, 6.45) is 5.58. The monoisotopic (exact) mass is 422 g/mol. The summed E-state index contributed by atoms with van der Waals surface area (Å²) in [5.41, 5.74) is 1.72. The van der Waals surface area contributed by atoms with Gasteiger partial charge >= 0.3 is 17.9 Å². The van der Waals surface area contributed by atoms with Gasteiger partial charge in [0.25, 0.3) is 0 Å². The molecule has 2 N–H and O–H groups in total. The first-order valence-electron chi connectivity index (χ1n) is 10.1. The van der Waals surface area contributed by atoms with Crippen LogP contribution in [0.5, 0.6) is 0 Å². The lowest BCUT2D eigenvalue weighted by Crippen LogP contribution is -2.36. The molecular formula is C22H30O8. The normalized spacial score (nSPS) is 29.1. The highest BCUT2D eigenvalue weighted by Crippen LogP contribution is 2.37. The Kier molecular flexibility index (Phi) is 8.80. The molecule has 0 aromatic carbocycles. The summed E-state index contributed by atoms with van der Waals surface area (Å²) in [5, 5.41) is 19.2. The van der Waals surface area contributed by atoms with E-state index in [0.717, 1.165) is 11.1 Å². The number of rotatable bonds is 6. The van der Waals surface area contributed by atoms with Crippen LogP contribution in [0.4, 0.5) is 0 Å². The van der Waals surface area contributed by atoms with E-state index < -0.39 is 42.6 Å². The van der Waals surface area contributed by atoms with Crippen molar-refractivity contribution in [3.63, 3.8) is 0 Å². The van der Waals surface area contributed by atoms with E-state index in [1.54, 1.807) is 13.0 Å². The largest absolute Gasteiger partial charge is 0.462 e. The third kappa shape index (κ3) is 6.27. The summed E-state index contributed by atoms with van der Waals surface area (Å²) in [6.45, 7) is 4.03. The number of hydrogen-bond acceptors (Lipinski definition) is 8. The number of carbonyl (C=O) groups excluding carboxylic acids is 3. The van der Waals surface area contributed by atoms with Crippen molar-refractivity contribution in [2.75, 3.05) is 19.8 Å². The Morgan fingerprint density at radius 3 is 2.70 bits per heavy atom. The Morgan fingerprint density at radius 1 is 1.33 bits per heavy atom. The molecule has 8 nitrogen and oxygen atoms in total. The molecule has 0 spiro atoms. The first-order chi connectivity index (χ1) is 14.3. The summed E-state index contributed by atoms with van der Waals surface area (Å²) < 4.78 is 16.0. The van der Waals surface area contributed by atoms with Crippen LogP contribution in [-0.2, 0) is 28.6 Å². The molecule has 1 aliphatic heterocycles. The van der Waals surface area contributed by atoms with E-state index in [4.69, 9.17) is 14.2 Å². The van der Waals surface area contributed by atoms with Crippen molar-refractivity contribution in [1.82, 2.24) is 0 Å². The zero-order valence-corrected chi connectivity index (χ0v) is 17.6. The molecule has 1 aliphatic carbocycles. The van der Waals surface area contributed by atoms with E-state index in [9.17, 15) is 24.6 Å². The zero-order valence-electron chi connectivity index (χ0n) is 17.6. The van der Waals surface area contributed by atoms with Crippen LogP contribution < -0.4 is 0 Å². The zero-order chi connectivity index (χ0) is 22.3. The second-order valence-electron chi connectivity index (χ2n) is 7.68. The van der Waals surface area contributed by atoms with Crippen molar-refractivity contribution in [3.05, 3.63) is 34.9 Å². The predicted molar refractivity (Wildman–Crippen MR) is 107 cm³/mol. The van der Waals surface area contributed by atoms with Gasteiger partial charge in [-0.1, -0.05) is 18.6 Å². The lowest BCUT2D eigenvalue weighted by atomic mass is 9.82. The summed E-state index contributed by atoms with van der Waals surface area (Å²) in [6, 6.07) is 0. The van der Waals surface area contributed by atoms with Crippen LogP contribution in [0.3, 0.4) is 0 Å². The fourth-order valence-corrected chi connectivity index (χ4v) is 3.73. The molecule has 0 amide bonds. The molecular weight excluding hydrogens is 392 g/mol. The van der Waals surface area contributed by atoms with Crippen LogP contribution in [0, 0.1) is 11.8 Å². The molecule has 0 radical (unpaired) electrons. The quantitative estimate of drug-likeness (QED) is 0.287. The van der Waals surface area contributed by atoms with Crippen molar-refractivity contribution in [3.8, 4) is 0 Å². The first kappa shape index (κ1) is 23.8. The standard InChI is InChI=1S/C22H30O8/c1-13-5-4-6-16(11-23)10-19-20(14(2)21(26)29-19)18(9-13)30-22(27)17(12-24)7-8-28-15(3)25/h5,7,10,14,18-20,23-24H,4,6,8-9,11-12H2,1-3H3/b13-5?,16-10-,17-7-/t14-,18+,19-,20-/m1/s1. The Balaban J connectivity index is 2.30. The molecule has 0 unspecified atom stereocenters. The van der Waals surface area contributed by atoms with Gasteiger partial charge in [-0.2, -0.15) is 0 Å². The summed E-state index contributed by atoms with van der Waals surface area (Å²) >= 11 is 0. The molecule has 1 saturated heterocycles. The maximum absolute atomic E-state index is 12.7. The van der Waals surface area contributed by atoms with Gasteiger partial charge in [0.1, 0.15) is 18.8 Å². The SMILES string of the molecule is CC(=O)OC/C=C(/CO)C(=O)O[C@H]1CC(C)=CCC/C(CO)=C/[C@H]2OC(=O)[C@H](C)[C@H]12. The Hall–Kier alpha value is -2.45. The highest BCUT2D eigenvalue weighted by molar-refractivity contribution is 5.89. The van der Waals surface area contributed by atoms with Crippen LogP contribution in [0.25, 0.3) is 0 Å². The van der Waals surface area contributed by atoms with Gasteiger partial charge in [-0.15, -0.1) is 0 Å². The Labute approximate surface area is 176 Å². The number of carbonyl (C=O) groups is 3. The lowest BCUT2D eigenvalue weighted by Gasteiger charge is -2.29. The highest BCUT2D eigenvalue weighted by Gasteiger charge is 2.47. The van der Waals surface area contributed by atoms with Crippen LogP contribution in [-0.4, -0.2) is 60.1 Å². The average molecular weight is 422 g/mol. The summed E-state index contributed by atoms with van der Waals surface area (Å²) in [4.78, 5) is 35.9. The van der Waals surface area contributed by atoms with Gasteiger partial charge in [0.2, 0.25) is 0 Å². The van der Waals surface area contributed by atoms with Gasteiger partial charge in [-0.3, -0.25) is 9.59 Å². The predicted octanol–water partition coefficient (Wildman–Crippen LogP) is 1.61. The number of esters is 3. The third-order valence-electron chi connectivity index (χ3n) is 5.40. The first-order valence-corrected chi connectivity index (χ1v) is 10.1. The van der Waals surface area contributed by atoms with Crippen LogP contribution >= 0.6 is 0 Å². The third-order valence-corrected chi connectivity index (χ3v) is 5.40. The van der Waals surface area contributed by atoms with Crippen LogP contribution in [0.1, 0.15) is 40.0 Å². The van der Waals surface area contributed by atoms with E-state index in [-0.39, 0.29) is 24.8 Å². The number of aliphatic hydroxyl groups is 2. The smallest absolute Gasteiger partial charge is 0.336 e. The van der Waals surface area contributed by atoms with Crippen LogP contribution in [0.15, 0.2) is 34.9 Å². The highest BCUT2D eigenvalue weighted by atomic mass is 16.6. The lowest BCUT2D eigenvalue weighted by molar-refractivity contribution is -0.149. The minimum absolute atomic E-state index is 0.0315. The number of fused-ring (bicyclic) bond motifs is 1. The van der Waals surface area contributed by atoms with Crippen molar-refractivity contribution in [2.45, 2.75) is 52.2 Å². The van der Waals surface area contributed by atoms with Gasteiger partial charge in [-0.25, -0.2) is 4.79 Å². The maximum atomic E-state index is 12.7. The molecule has 2 aliphatic rings. The van der Waals surface area contributed by atoms with Crippen molar-refractivity contribution >= 4 is 17.9 Å². The minimum atomic E-state index is -0.740. The van der Waals surface area contributed by atoms with E-state index >= 15 is 0 Å². The molecule has 0 saturated carbocycles. The second kappa shape index (κ2) is 11.1. The average Bonchev–Trinajstić information content (AvgIpc) is 2.96. The number of aliphatic hydroxyl groups excluding tert-OH is 2. The molecule has 0 bridgehead atoms. The van der Waals surface area contributed by atoms with Gasteiger partial charge in [0.15, 0.2) is 0 Å². The number of ether oxygens (including phenoxy) is 3. The van der Waals surface area contributed by atoms with Gasteiger partial charge in [-0.05, 0) is 37.5 Å². The van der Waals surface area contributed by atoms with Crippen LogP contribution in [0.2, 0.25) is 0 Å². The molecule has 30 heavy (non-hydrogen) atoms. The molecule has 2 rings (SSSR count). The molecule has 1 fully saturated rings.